The summed E-state index contributed by atoms with van der Waals surface area (Å²) in [7, 11) is 0. The number of pyridine rings is 2. The predicted molar refractivity (Wildman–Crippen MR) is 85.1 cm³/mol. The van der Waals surface area contributed by atoms with Crippen molar-refractivity contribution in [3.8, 4) is 0 Å². The van der Waals surface area contributed by atoms with Crippen molar-refractivity contribution in [3.05, 3.63) is 52.0 Å². The van der Waals surface area contributed by atoms with Crippen LogP contribution >= 0.6 is 23.2 Å². The summed E-state index contributed by atoms with van der Waals surface area (Å²) in [6.07, 6.45) is 1.53. The van der Waals surface area contributed by atoms with Crippen molar-refractivity contribution >= 4 is 34.8 Å². The maximum Gasteiger partial charge on any atom is 0.255 e. The highest BCUT2D eigenvalue weighted by molar-refractivity contribution is 6.30. The molecule has 0 saturated heterocycles. The third-order valence-electron chi connectivity index (χ3n) is 2.81. The van der Waals surface area contributed by atoms with Gasteiger partial charge in [-0.15, -0.1) is 0 Å². The minimum atomic E-state index is -0.271. The topological polar surface area (TPSA) is 54.9 Å². The van der Waals surface area contributed by atoms with Gasteiger partial charge >= 0.3 is 0 Å². The molecule has 4 nitrogen and oxygen atoms in total. The van der Waals surface area contributed by atoms with Gasteiger partial charge in [0.05, 0.1) is 0 Å². The van der Waals surface area contributed by atoms with Crippen LogP contribution < -0.4 is 5.32 Å². The molecule has 21 heavy (non-hydrogen) atoms. The zero-order chi connectivity index (χ0) is 15.6. The van der Waals surface area contributed by atoms with Crippen LogP contribution in [0.3, 0.4) is 0 Å². The van der Waals surface area contributed by atoms with Crippen molar-refractivity contribution in [1.82, 2.24) is 9.97 Å². The monoisotopic (exact) mass is 323 g/mol. The number of rotatable bonds is 2. The van der Waals surface area contributed by atoms with E-state index in [0.29, 0.717) is 21.6 Å². The van der Waals surface area contributed by atoms with E-state index in [1.807, 2.05) is 20.8 Å². The second-order valence-corrected chi connectivity index (χ2v) is 6.41. The first kappa shape index (κ1) is 15.7. The summed E-state index contributed by atoms with van der Waals surface area (Å²) in [6.45, 7) is 6.03. The molecule has 2 aromatic rings. The zero-order valence-corrected chi connectivity index (χ0v) is 13.5. The average molecular weight is 324 g/mol. The van der Waals surface area contributed by atoms with Crippen molar-refractivity contribution in [2.75, 3.05) is 5.32 Å². The normalized spacial score (nSPS) is 11.3. The number of aromatic nitrogens is 2. The smallest absolute Gasteiger partial charge is 0.255 e. The molecular weight excluding hydrogens is 309 g/mol. The molecule has 110 valence electrons. The van der Waals surface area contributed by atoms with Crippen LogP contribution in [-0.2, 0) is 5.41 Å². The molecule has 0 unspecified atom stereocenters. The summed E-state index contributed by atoms with van der Waals surface area (Å²) in [5.74, 6) is -0.271. The molecule has 0 aliphatic heterocycles. The number of hydrogen-bond acceptors (Lipinski definition) is 3. The van der Waals surface area contributed by atoms with Crippen LogP contribution in [0.1, 0.15) is 36.8 Å². The molecular formula is C15H15Cl2N3O. The fourth-order valence-electron chi connectivity index (χ4n) is 1.70. The van der Waals surface area contributed by atoms with Crippen molar-refractivity contribution in [1.29, 1.82) is 0 Å². The van der Waals surface area contributed by atoms with Crippen LogP contribution in [-0.4, -0.2) is 15.9 Å². The van der Waals surface area contributed by atoms with E-state index in [4.69, 9.17) is 23.2 Å². The number of halogens is 2. The SMILES string of the molecule is CC(C)(C)c1cc(C(=O)Nc2ccnc(Cl)c2)cc(Cl)n1. The molecule has 0 saturated carbocycles. The predicted octanol–water partition coefficient (Wildman–Crippen LogP) is 4.33. The largest absolute Gasteiger partial charge is 0.322 e. The standard InChI is InChI=1S/C15H15Cl2N3O/c1-15(2,3)11-6-9(7-13(17)20-11)14(21)19-10-4-5-18-12(16)8-10/h4-8H,1-3H3,(H,18,19,21). The lowest BCUT2D eigenvalue weighted by Crippen LogP contribution is -2.17. The van der Waals surface area contributed by atoms with Gasteiger partial charge in [-0.3, -0.25) is 4.79 Å². The van der Waals surface area contributed by atoms with Gasteiger partial charge in [0.1, 0.15) is 10.3 Å². The lowest BCUT2D eigenvalue weighted by atomic mass is 9.91. The van der Waals surface area contributed by atoms with Gasteiger partial charge in [0.15, 0.2) is 0 Å². The Hall–Kier alpha value is -1.65. The lowest BCUT2D eigenvalue weighted by molar-refractivity contribution is 0.102. The molecule has 2 rings (SSSR count). The first-order chi connectivity index (χ1) is 9.75. The van der Waals surface area contributed by atoms with Gasteiger partial charge in [-0.05, 0) is 24.3 Å². The number of nitrogens with zero attached hydrogens (tertiary/aromatic N) is 2. The summed E-state index contributed by atoms with van der Waals surface area (Å²) >= 11 is 11.8. The Kier molecular flexibility index (Phi) is 4.49. The van der Waals surface area contributed by atoms with Gasteiger partial charge in [-0.1, -0.05) is 44.0 Å². The second-order valence-electron chi connectivity index (χ2n) is 5.64. The Morgan fingerprint density at radius 1 is 1.14 bits per heavy atom. The van der Waals surface area contributed by atoms with Crippen LogP contribution in [0.4, 0.5) is 5.69 Å². The second kappa shape index (κ2) is 6.00. The minimum Gasteiger partial charge on any atom is -0.322 e. The van der Waals surface area contributed by atoms with Crippen LogP contribution in [0.15, 0.2) is 30.5 Å². The van der Waals surface area contributed by atoms with Crippen molar-refractivity contribution < 1.29 is 4.79 Å². The quantitative estimate of drug-likeness (QED) is 0.836. The van der Waals surface area contributed by atoms with E-state index < -0.39 is 0 Å². The molecule has 0 aliphatic rings. The molecule has 1 amide bonds. The molecule has 0 atom stereocenters. The van der Waals surface area contributed by atoms with Gasteiger partial charge < -0.3 is 5.32 Å². The summed E-state index contributed by atoms with van der Waals surface area (Å²) in [6, 6.07) is 6.52. The van der Waals surface area contributed by atoms with Gasteiger partial charge in [-0.25, -0.2) is 9.97 Å². The molecule has 1 N–H and O–H groups in total. The Labute approximate surface area is 133 Å². The number of anilines is 1. The number of nitrogens with one attached hydrogen (secondary N) is 1. The van der Waals surface area contributed by atoms with E-state index in [2.05, 4.69) is 15.3 Å². The minimum absolute atomic E-state index is 0.195. The third-order valence-corrected chi connectivity index (χ3v) is 3.21. The van der Waals surface area contributed by atoms with E-state index in [-0.39, 0.29) is 11.3 Å². The van der Waals surface area contributed by atoms with Crippen LogP contribution in [0.2, 0.25) is 10.3 Å². The molecule has 0 bridgehead atoms. The highest BCUT2D eigenvalue weighted by atomic mass is 35.5. The number of hydrogen-bond donors (Lipinski definition) is 1. The third kappa shape index (κ3) is 4.16. The van der Waals surface area contributed by atoms with E-state index in [9.17, 15) is 4.79 Å². The van der Waals surface area contributed by atoms with Crippen LogP contribution in [0.25, 0.3) is 0 Å². The number of carbonyl (C=O) groups excluding carboxylic acids is 1. The van der Waals surface area contributed by atoms with E-state index >= 15 is 0 Å². The fraction of sp³-hybridized carbons (Fsp3) is 0.267. The Bertz CT molecular complexity index is 681. The molecule has 0 fully saturated rings. The van der Waals surface area contributed by atoms with E-state index in [0.717, 1.165) is 5.69 Å². The summed E-state index contributed by atoms with van der Waals surface area (Å²) < 4.78 is 0. The van der Waals surface area contributed by atoms with Crippen molar-refractivity contribution in [3.63, 3.8) is 0 Å². The maximum absolute atomic E-state index is 12.3. The van der Waals surface area contributed by atoms with Gasteiger partial charge in [0, 0.05) is 28.6 Å². The zero-order valence-electron chi connectivity index (χ0n) is 11.9. The summed E-state index contributed by atoms with van der Waals surface area (Å²) in [5.41, 5.74) is 1.59. The van der Waals surface area contributed by atoms with Gasteiger partial charge in [-0.2, -0.15) is 0 Å². The molecule has 0 radical (unpaired) electrons. The summed E-state index contributed by atoms with van der Waals surface area (Å²) in [4.78, 5) is 20.4. The molecule has 6 heteroatoms. The highest BCUT2D eigenvalue weighted by Gasteiger charge is 2.19. The fourth-order valence-corrected chi connectivity index (χ4v) is 2.08. The van der Waals surface area contributed by atoms with E-state index in [1.165, 1.54) is 12.3 Å². The van der Waals surface area contributed by atoms with Crippen molar-refractivity contribution in [2.24, 2.45) is 0 Å². The van der Waals surface area contributed by atoms with Crippen molar-refractivity contribution in [2.45, 2.75) is 26.2 Å². The molecule has 0 aliphatic carbocycles. The molecule has 2 aromatic heterocycles. The molecule has 2 heterocycles. The summed E-state index contributed by atoms with van der Waals surface area (Å²) in [5, 5.41) is 3.36. The number of amides is 1. The Balaban J connectivity index is 2.29. The highest BCUT2D eigenvalue weighted by Crippen LogP contribution is 2.24. The first-order valence-corrected chi connectivity index (χ1v) is 7.12. The molecule has 0 spiro atoms. The lowest BCUT2D eigenvalue weighted by Gasteiger charge is -2.18. The number of carbonyl (C=O) groups is 1. The average Bonchev–Trinajstić information content (AvgIpc) is 2.37. The molecule has 0 aromatic carbocycles. The van der Waals surface area contributed by atoms with Crippen LogP contribution in [0.5, 0.6) is 0 Å². The van der Waals surface area contributed by atoms with E-state index in [1.54, 1.807) is 18.2 Å². The van der Waals surface area contributed by atoms with Crippen LogP contribution in [0, 0.1) is 0 Å². The Morgan fingerprint density at radius 2 is 1.86 bits per heavy atom. The maximum atomic E-state index is 12.3. The van der Waals surface area contributed by atoms with Gasteiger partial charge in [0.25, 0.3) is 5.91 Å². The Morgan fingerprint density at radius 3 is 2.48 bits per heavy atom. The van der Waals surface area contributed by atoms with Gasteiger partial charge in [0.2, 0.25) is 0 Å². The first-order valence-electron chi connectivity index (χ1n) is 6.37.